The number of morpholine rings is 1. The molecule has 5 nitrogen and oxygen atoms in total. The lowest BCUT2D eigenvalue weighted by atomic mass is 10.0. The molecule has 1 amide bonds. The normalized spacial score (nSPS) is 17.3. The summed E-state index contributed by atoms with van der Waals surface area (Å²) in [7, 11) is 0. The zero-order chi connectivity index (χ0) is 12.7. The average molecular weight is 316 g/mol. The molecule has 1 aliphatic heterocycles. The molecule has 19 heavy (non-hydrogen) atoms. The molecule has 116 valence electrons. The molecule has 0 aromatic carbocycles. The van der Waals surface area contributed by atoms with Crippen molar-refractivity contribution in [2.45, 2.75) is 26.3 Å². The number of rotatable bonds is 6. The SMILES string of the molecule is CC(C)C[C@H](N)C(=O)NCCN1CCOCC1.Cl.Cl. The van der Waals surface area contributed by atoms with E-state index in [0.717, 1.165) is 39.3 Å². The number of halogens is 2. The maximum atomic E-state index is 11.6. The van der Waals surface area contributed by atoms with E-state index >= 15 is 0 Å². The molecule has 0 unspecified atom stereocenters. The van der Waals surface area contributed by atoms with Crippen LogP contribution in [0.5, 0.6) is 0 Å². The molecule has 0 radical (unpaired) electrons. The first-order valence-electron chi connectivity index (χ1n) is 6.43. The zero-order valence-corrected chi connectivity index (χ0v) is 13.4. The number of nitrogens with one attached hydrogen (secondary N) is 1. The maximum Gasteiger partial charge on any atom is 0.236 e. The predicted octanol–water partition coefficient (Wildman–Crippen LogP) is 0.652. The smallest absolute Gasteiger partial charge is 0.236 e. The van der Waals surface area contributed by atoms with Crippen molar-refractivity contribution in [3.63, 3.8) is 0 Å². The second kappa shape index (κ2) is 11.7. The molecule has 0 saturated carbocycles. The highest BCUT2D eigenvalue weighted by Gasteiger charge is 2.15. The van der Waals surface area contributed by atoms with Gasteiger partial charge in [0.05, 0.1) is 19.3 Å². The van der Waals surface area contributed by atoms with Crippen LogP contribution in [0.15, 0.2) is 0 Å². The van der Waals surface area contributed by atoms with Crippen molar-refractivity contribution in [3.05, 3.63) is 0 Å². The van der Waals surface area contributed by atoms with Crippen LogP contribution >= 0.6 is 24.8 Å². The van der Waals surface area contributed by atoms with E-state index in [1.807, 2.05) is 0 Å². The van der Waals surface area contributed by atoms with Crippen molar-refractivity contribution < 1.29 is 9.53 Å². The second-order valence-electron chi connectivity index (χ2n) is 4.98. The van der Waals surface area contributed by atoms with Gasteiger partial charge in [0.2, 0.25) is 5.91 Å². The monoisotopic (exact) mass is 315 g/mol. The Kier molecular flexibility index (Phi) is 13.1. The number of amides is 1. The molecule has 1 rings (SSSR count). The fourth-order valence-corrected chi connectivity index (χ4v) is 1.91. The summed E-state index contributed by atoms with van der Waals surface area (Å²) in [5.41, 5.74) is 5.79. The molecule has 7 heteroatoms. The Morgan fingerprint density at radius 2 is 1.89 bits per heavy atom. The van der Waals surface area contributed by atoms with Crippen LogP contribution in [0.1, 0.15) is 20.3 Å². The van der Waals surface area contributed by atoms with Gasteiger partial charge in [-0.1, -0.05) is 13.8 Å². The molecule has 3 N–H and O–H groups in total. The van der Waals surface area contributed by atoms with Gasteiger partial charge in [-0.3, -0.25) is 9.69 Å². The lowest BCUT2D eigenvalue weighted by Gasteiger charge is -2.26. The van der Waals surface area contributed by atoms with Gasteiger partial charge < -0.3 is 15.8 Å². The molecular formula is C12H27Cl2N3O2. The average Bonchev–Trinajstić information content (AvgIpc) is 2.29. The minimum absolute atomic E-state index is 0. The Balaban J connectivity index is 0. The predicted molar refractivity (Wildman–Crippen MR) is 82.2 cm³/mol. The number of carbonyl (C=O) groups excluding carboxylic acids is 1. The van der Waals surface area contributed by atoms with Crippen molar-refractivity contribution in [1.29, 1.82) is 0 Å². The number of carbonyl (C=O) groups is 1. The molecule has 1 saturated heterocycles. The fraction of sp³-hybridized carbons (Fsp3) is 0.917. The van der Waals surface area contributed by atoms with Gasteiger partial charge in [0.15, 0.2) is 0 Å². The number of ether oxygens (including phenoxy) is 1. The van der Waals surface area contributed by atoms with E-state index < -0.39 is 0 Å². The summed E-state index contributed by atoms with van der Waals surface area (Å²) in [5, 5.41) is 2.89. The van der Waals surface area contributed by atoms with Crippen molar-refractivity contribution >= 4 is 30.7 Å². The third-order valence-corrected chi connectivity index (χ3v) is 2.89. The molecule has 1 heterocycles. The topological polar surface area (TPSA) is 67.6 Å². The summed E-state index contributed by atoms with van der Waals surface area (Å²) in [4.78, 5) is 13.9. The van der Waals surface area contributed by atoms with Crippen molar-refractivity contribution in [3.8, 4) is 0 Å². The van der Waals surface area contributed by atoms with Crippen LogP contribution in [0.4, 0.5) is 0 Å². The largest absolute Gasteiger partial charge is 0.379 e. The molecule has 1 atom stereocenters. The van der Waals surface area contributed by atoms with Gasteiger partial charge in [-0.25, -0.2) is 0 Å². The van der Waals surface area contributed by atoms with Crippen LogP contribution < -0.4 is 11.1 Å². The first kappa shape index (κ1) is 21.2. The maximum absolute atomic E-state index is 11.6. The van der Waals surface area contributed by atoms with E-state index in [1.165, 1.54) is 0 Å². The standard InChI is InChI=1S/C12H25N3O2.2ClH/c1-10(2)9-11(13)12(16)14-3-4-15-5-7-17-8-6-15;;/h10-11H,3-9,13H2,1-2H3,(H,14,16);2*1H/t11-;;/m0../s1. The highest BCUT2D eigenvalue weighted by molar-refractivity contribution is 5.85. The highest BCUT2D eigenvalue weighted by atomic mass is 35.5. The van der Waals surface area contributed by atoms with Gasteiger partial charge in [-0.15, -0.1) is 24.8 Å². The minimum Gasteiger partial charge on any atom is -0.379 e. The lowest BCUT2D eigenvalue weighted by molar-refractivity contribution is -0.122. The van der Waals surface area contributed by atoms with Gasteiger partial charge in [-0.2, -0.15) is 0 Å². The van der Waals surface area contributed by atoms with Crippen LogP contribution in [0.25, 0.3) is 0 Å². The van der Waals surface area contributed by atoms with E-state index in [9.17, 15) is 4.79 Å². The van der Waals surface area contributed by atoms with Crippen LogP contribution in [-0.4, -0.2) is 56.2 Å². The third-order valence-electron chi connectivity index (χ3n) is 2.89. The molecular weight excluding hydrogens is 289 g/mol. The fourth-order valence-electron chi connectivity index (χ4n) is 1.91. The van der Waals surface area contributed by atoms with Crippen molar-refractivity contribution in [2.24, 2.45) is 11.7 Å². The summed E-state index contributed by atoms with van der Waals surface area (Å²) in [6.45, 7) is 9.18. The van der Waals surface area contributed by atoms with Gasteiger partial charge in [-0.05, 0) is 12.3 Å². The Morgan fingerprint density at radius 1 is 1.32 bits per heavy atom. The molecule has 1 fully saturated rings. The molecule has 0 bridgehead atoms. The van der Waals surface area contributed by atoms with Gasteiger partial charge in [0.1, 0.15) is 0 Å². The molecule has 0 aliphatic carbocycles. The number of hydrogen-bond donors (Lipinski definition) is 2. The summed E-state index contributed by atoms with van der Waals surface area (Å²) in [5.74, 6) is 0.418. The summed E-state index contributed by atoms with van der Waals surface area (Å²) in [6.07, 6.45) is 0.739. The Bertz CT molecular complexity index is 237. The molecule has 0 aromatic heterocycles. The first-order valence-corrected chi connectivity index (χ1v) is 6.43. The van der Waals surface area contributed by atoms with Crippen molar-refractivity contribution in [1.82, 2.24) is 10.2 Å². The van der Waals surface area contributed by atoms with E-state index in [2.05, 4.69) is 24.1 Å². The van der Waals surface area contributed by atoms with E-state index in [0.29, 0.717) is 12.5 Å². The second-order valence-corrected chi connectivity index (χ2v) is 4.98. The van der Waals surface area contributed by atoms with E-state index in [4.69, 9.17) is 10.5 Å². The molecule has 0 spiro atoms. The van der Waals surface area contributed by atoms with Crippen LogP contribution in [-0.2, 0) is 9.53 Å². The number of nitrogens with zero attached hydrogens (tertiary/aromatic N) is 1. The van der Waals surface area contributed by atoms with E-state index in [-0.39, 0.29) is 36.8 Å². The number of hydrogen-bond acceptors (Lipinski definition) is 4. The van der Waals surface area contributed by atoms with E-state index in [1.54, 1.807) is 0 Å². The first-order chi connectivity index (χ1) is 8.09. The van der Waals surface area contributed by atoms with Crippen LogP contribution in [0.2, 0.25) is 0 Å². The molecule has 1 aliphatic rings. The Hall–Kier alpha value is -0.0700. The summed E-state index contributed by atoms with van der Waals surface area (Å²) >= 11 is 0. The summed E-state index contributed by atoms with van der Waals surface area (Å²) in [6, 6.07) is -0.375. The third kappa shape index (κ3) is 9.46. The summed E-state index contributed by atoms with van der Waals surface area (Å²) < 4.78 is 5.26. The van der Waals surface area contributed by atoms with Gasteiger partial charge in [0, 0.05) is 26.2 Å². The van der Waals surface area contributed by atoms with Gasteiger partial charge >= 0.3 is 0 Å². The van der Waals surface area contributed by atoms with Crippen LogP contribution in [0, 0.1) is 5.92 Å². The highest BCUT2D eigenvalue weighted by Crippen LogP contribution is 2.02. The minimum atomic E-state index is -0.375. The quantitative estimate of drug-likeness (QED) is 0.755. The Morgan fingerprint density at radius 3 is 2.42 bits per heavy atom. The van der Waals surface area contributed by atoms with Crippen LogP contribution in [0.3, 0.4) is 0 Å². The molecule has 0 aromatic rings. The van der Waals surface area contributed by atoms with Gasteiger partial charge in [0.25, 0.3) is 0 Å². The Labute approximate surface area is 128 Å². The lowest BCUT2D eigenvalue weighted by Crippen LogP contribution is -2.45. The van der Waals surface area contributed by atoms with Crippen molar-refractivity contribution in [2.75, 3.05) is 39.4 Å². The zero-order valence-electron chi connectivity index (χ0n) is 11.8. The number of nitrogens with two attached hydrogens (primary N) is 1.